The van der Waals surface area contributed by atoms with Crippen LogP contribution in [0.4, 0.5) is 10.5 Å². The Morgan fingerprint density at radius 3 is 2.42 bits per heavy atom. The van der Waals surface area contributed by atoms with E-state index in [1.807, 2.05) is 19.1 Å². The van der Waals surface area contributed by atoms with Crippen LogP contribution in [0.15, 0.2) is 24.3 Å². The van der Waals surface area contributed by atoms with Crippen molar-refractivity contribution in [2.24, 2.45) is 5.73 Å². The SMILES string of the molecule is CCNC(=O)C(C)NC(=O)Nc1ccc(CN)cc1. The van der Waals surface area contributed by atoms with Crippen molar-refractivity contribution >= 4 is 17.6 Å². The lowest BCUT2D eigenvalue weighted by atomic mass is 10.2. The molecule has 1 aromatic rings. The summed E-state index contributed by atoms with van der Waals surface area (Å²) < 4.78 is 0. The summed E-state index contributed by atoms with van der Waals surface area (Å²) in [5.41, 5.74) is 7.12. The Morgan fingerprint density at radius 2 is 1.89 bits per heavy atom. The van der Waals surface area contributed by atoms with Crippen LogP contribution >= 0.6 is 0 Å². The highest BCUT2D eigenvalue weighted by atomic mass is 16.2. The number of carbonyl (C=O) groups excluding carboxylic acids is 2. The summed E-state index contributed by atoms with van der Waals surface area (Å²) >= 11 is 0. The zero-order valence-electron chi connectivity index (χ0n) is 11.2. The largest absolute Gasteiger partial charge is 0.355 e. The number of rotatable bonds is 5. The maximum absolute atomic E-state index is 11.7. The molecular weight excluding hydrogens is 244 g/mol. The number of nitrogens with two attached hydrogens (primary N) is 1. The van der Waals surface area contributed by atoms with Gasteiger partial charge in [0.2, 0.25) is 5.91 Å². The molecule has 19 heavy (non-hydrogen) atoms. The first-order chi connectivity index (χ1) is 9.06. The third-order valence-corrected chi connectivity index (χ3v) is 2.54. The lowest BCUT2D eigenvalue weighted by Crippen LogP contribution is -2.46. The standard InChI is InChI=1S/C13H20N4O2/c1-3-15-12(18)9(2)16-13(19)17-11-6-4-10(8-14)5-7-11/h4-7,9H,3,8,14H2,1-2H3,(H,15,18)(H2,16,17,19). The molecule has 0 bridgehead atoms. The summed E-state index contributed by atoms with van der Waals surface area (Å²) in [6.45, 7) is 4.44. The zero-order valence-corrected chi connectivity index (χ0v) is 11.2. The Balaban J connectivity index is 2.48. The predicted octanol–water partition coefficient (Wildman–Crippen LogP) is 0.791. The number of amides is 3. The van der Waals surface area contributed by atoms with Crippen LogP contribution in [0.5, 0.6) is 0 Å². The molecule has 6 heteroatoms. The number of carbonyl (C=O) groups is 2. The van der Waals surface area contributed by atoms with Crippen molar-refractivity contribution in [3.63, 3.8) is 0 Å². The van der Waals surface area contributed by atoms with E-state index in [0.29, 0.717) is 18.8 Å². The number of likely N-dealkylation sites (N-methyl/N-ethyl adjacent to an activating group) is 1. The van der Waals surface area contributed by atoms with Crippen LogP contribution < -0.4 is 21.7 Å². The van der Waals surface area contributed by atoms with Crippen molar-refractivity contribution < 1.29 is 9.59 Å². The number of benzene rings is 1. The molecule has 0 aliphatic heterocycles. The van der Waals surface area contributed by atoms with Gasteiger partial charge in [-0.25, -0.2) is 4.79 Å². The van der Waals surface area contributed by atoms with Crippen molar-refractivity contribution in [2.75, 3.05) is 11.9 Å². The molecule has 0 spiro atoms. The van der Waals surface area contributed by atoms with Gasteiger partial charge in [0.05, 0.1) is 0 Å². The average molecular weight is 264 g/mol. The van der Waals surface area contributed by atoms with Gasteiger partial charge in [-0.2, -0.15) is 0 Å². The van der Waals surface area contributed by atoms with Crippen LogP contribution in [0.1, 0.15) is 19.4 Å². The smallest absolute Gasteiger partial charge is 0.319 e. The molecule has 1 unspecified atom stereocenters. The van der Waals surface area contributed by atoms with Crippen molar-refractivity contribution in [3.8, 4) is 0 Å². The Morgan fingerprint density at radius 1 is 1.26 bits per heavy atom. The van der Waals surface area contributed by atoms with Gasteiger partial charge in [0.15, 0.2) is 0 Å². The molecule has 6 nitrogen and oxygen atoms in total. The number of anilines is 1. The molecule has 3 amide bonds. The van der Waals surface area contributed by atoms with E-state index in [2.05, 4.69) is 16.0 Å². The normalized spacial score (nSPS) is 11.5. The van der Waals surface area contributed by atoms with Crippen LogP contribution in [0.3, 0.4) is 0 Å². The van der Waals surface area contributed by atoms with E-state index in [-0.39, 0.29) is 5.91 Å². The van der Waals surface area contributed by atoms with Crippen molar-refractivity contribution in [3.05, 3.63) is 29.8 Å². The maximum Gasteiger partial charge on any atom is 0.319 e. The minimum atomic E-state index is -0.580. The van der Waals surface area contributed by atoms with E-state index in [4.69, 9.17) is 5.73 Å². The molecule has 104 valence electrons. The van der Waals surface area contributed by atoms with Gasteiger partial charge in [0.1, 0.15) is 6.04 Å². The summed E-state index contributed by atoms with van der Waals surface area (Å²) in [6.07, 6.45) is 0. The number of hydrogen-bond donors (Lipinski definition) is 4. The molecule has 1 atom stereocenters. The first-order valence-corrected chi connectivity index (χ1v) is 6.21. The van der Waals surface area contributed by atoms with Gasteiger partial charge in [-0.15, -0.1) is 0 Å². The Labute approximate surface area is 112 Å². The minimum Gasteiger partial charge on any atom is -0.355 e. The summed E-state index contributed by atoms with van der Waals surface area (Å²) in [5, 5.41) is 7.84. The molecule has 0 aliphatic carbocycles. The summed E-state index contributed by atoms with van der Waals surface area (Å²) in [7, 11) is 0. The molecule has 0 fully saturated rings. The maximum atomic E-state index is 11.7. The van der Waals surface area contributed by atoms with Crippen LogP contribution in [0.2, 0.25) is 0 Å². The quantitative estimate of drug-likeness (QED) is 0.633. The monoisotopic (exact) mass is 264 g/mol. The fourth-order valence-electron chi connectivity index (χ4n) is 1.48. The van der Waals surface area contributed by atoms with Crippen molar-refractivity contribution in [1.82, 2.24) is 10.6 Å². The highest BCUT2D eigenvalue weighted by Gasteiger charge is 2.14. The van der Waals surface area contributed by atoms with Crippen LogP contribution in [0.25, 0.3) is 0 Å². The number of urea groups is 1. The minimum absolute atomic E-state index is 0.212. The molecule has 0 aromatic heterocycles. The molecule has 0 aliphatic rings. The summed E-state index contributed by atoms with van der Waals surface area (Å²) in [4.78, 5) is 23.1. The first kappa shape index (κ1) is 15.0. The highest BCUT2D eigenvalue weighted by molar-refractivity contribution is 5.93. The third kappa shape index (κ3) is 4.97. The molecule has 0 saturated heterocycles. The Hall–Kier alpha value is -2.08. The number of nitrogens with one attached hydrogen (secondary N) is 3. The van der Waals surface area contributed by atoms with E-state index in [1.54, 1.807) is 19.1 Å². The highest BCUT2D eigenvalue weighted by Crippen LogP contribution is 2.08. The Bertz CT molecular complexity index is 431. The molecule has 1 rings (SSSR count). The summed E-state index contributed by atoms with van der Waals surface area (Å²) in [5.74, 6) is -0.212. The van der Waals surface area contributed by atoms with E-state index in [9.17, 15) is 9.59 Å². The second kappa shape index (κ2) is 7.38. The van der Waals surface area contributed by atoms with Crippen molar-refractivity contribution in [2.45, 2.75) is 26.4 Å². The van der Waals surface area contributed by atoms with E-state index < -0.39 is 12.1 Å². The topological polar surface area (TPSA) is 96.2 Å². The number of hydrogen-bond acceptors (Lipinski definition) is 3. The predicted molar refractivity (Wildman–Crippen MR) is 74.6 cm³/mol. The van der Waals surface area contributed by atoms with Crippen LogP contribution in [-0.2, 0) is 11.3 Å². The van der Waals surface area contributed by atoms with Gasteiger partial charge < -0.3 is 21.7 Å². The molecule has 1 aromatic carbocycles. The molecule has 0 radical (unpaired) electrons. The first-order valence-electron chi connectivity index (χ1n) is 6.21. The Kier molecular flexibility index (Phi) is 5.81. The van der Waals surface area contributed by atoms with Gasteiger partial charge in [0.25, 0.3) is 0 Å². The van der Waals surface area contributed by atoms with Gasteiger partial charge in [-0.05, 0) is 31.5 Å². The second-order valence-electron chi connectivity index (χ2n) is 4.12. The second-order valence-corrected chi connectivity index (χ2v) is 4.12. The average Bonchev–Trinajstić information content (AvgIpc) is 2.39. The fraction of sp³-hybridized carbons (Fsp3) is 0.385. The van der Waals surface area contributed by atoms with E-state index >= 15 is 0 Å². The van der Waals surface area contributed by atoms with Crippen LogP contribution in [0, 0.1) is 0 Å². The lowest BCUT2D eigenvalue weighted by Gasteiger charge is -2.14. The van der Waals surface area contributed by atoms with E-state index in [1.165, 1.54) is 0 Å². The van der Waals surface area contributed by atoms with E-state index in [0.717, 1.165) is 5.56 Å². The van der Waals surface area contributed by atoms with Crippen LogP contribution in [-0.4, -0.2) is 24.5 Å². The summed E-state index contributed by atoms with van der Waals surface area (Å²) in [6, 6.07) is 6.20. The molecule has 0 saturated carbocycles. The third-order valence-electron chi connectivity index (χ3n) is 2.54. The molecule has 0 heterocycles. The lowest BCUT2D eigenvalue weighted by molar-refractivity contribution is -0.122. The molecule has 5 N–H and O–H groups in total. The molecular formula is C13H20N4O2. The van der Waals surface area contributed by atoms with Gasteiger partial charge in [0, 0.05) is 18.8 Å². The van der Waals surface area contributed by atoms with Crippen molar-refractivity contribution in [1.29, 1.82) is 0 Å². The fourth-order valence-corrected chi connectivity index (χ4v) is 1.48. The van der Waals surface area contributed by atoms with Gasteiger partial charge >= 0.3 is 6.03 Å². The van der Waals surface area contributed by atoms with Gasteiger partial charge in [-0.3, -0.25) is 4.79 Å². The van der Waals surface area contributed by atoms with Gasteiger partial charge in [-0.1, -0.05) is 12.1 Å². The zero-order chi connectivity index (χ0) is 14.3.